The SMILES string of the molecule is CC(O)CCn1cnccc1=O. The fourth-order valence-electron chi connectivity index (χ4n) is 0.872. The van der Waals surface area contributed by atoms with E-state index in [9.17, 15) is 4.79 Å². The summed E-state index contributed by atoms with van der Waals surface area (Å²) in [6.07, 6.45) is 3.13. The van der Waals surface area contributed by atoms with Crippen molar-refractivity contribution in [3.63, 3.8) is 0 Å². The van der Waals surface area contributed by atoms with Gasteiger partial charge in [0.15, 0.2) is 0 Å². The quantitative estimate of drug-likeness (QED) is 0.692. The fraction of sp³-hybridized carbons (Fsp3) is 0.500. The lowest BCUT2D eigenvalue weighted by Gasteiger charge is -2.05. The smallest absolute Gasteiger partial charge is 0.253 e. The minimum atomic E-state index is -0.378. The molecule has 0 saturated heterocycles. The summed E-state index contributed by atoms with van der Waals surface area (Å²) in [5.74, 6) is 0. The number of aliphatic hydroxyl groups is 1. The highest BCUT2D eigenvalue weighted by Gasteiger charge is 1.97. The Kier molecular flexibility index (Phi) is 2.99. The Balaban J connectivity index is 2.64. The first-order chi connectivity index (χ1) is 5.70. The van der Waals surface area contributed by atoms with Crippen molar-refractivity contribution in [3.05, 3.63) is 28.9 Å². The minimum absolute atomic E-state index is 0.0781. The maximum absolute atomic E-state index is 11.1. The summed E-state index contributed by atoms with van der Waals surface area (Å²) in [5, 5.41) is 8.97. The monoisotopic (exact) mass is 168 g/mol. The van der Waals surface area contributed by atoms with Crippen LogP contribution in [0.1, 0.15) is 13.3 Å². The number of hydrogen-bond acceptors (Lipinski definition) is 3. The Hall–Kier alpha value is -1.16. The van der Waals surface area contributed by atoms with Crippen molar-refractivity contribution in [2.75, 3.05) is 0 Å². The van der Waals surface area contributed by atoms with E-state index in [2.05, 4.69) is 4.98 Å². The van der Waals surface area contributed by atoms with Gasteiger partial charge in [-0.25, -0.2) is 4.98 Å². The molecule has 1 atom stereocenters. The van der Waals surface area contributed by atoms with E-state index in [1.54, 1.807) is 6.92 Å². The molecule has 0 aliphatic heterocycles. The average molecular weight is 168 g/mol. The van der Waals surface area contributed by atoms with Crippen LogP contribution in [0.15, 0.2) is 23.4 Å². The van der Waals surface area contributed by atoms with E-state index in [4.69, 9.17) is 5.11 Å². The van der Waals surface area contributed by atoms with Gasteiger partial charge in [-0.15, -0.1) is 0 Å². The van der Waals surface area contributed by atoms with Gasteiger partial charge in [0.25, 0.3) is 5.56 Å². The fourth-order valence-corrected chi connectivity index (χ4v) is 0.872. The van der Waals surface area contributed by atoms with E-state index >= 15 is 0 Å². The van der Waals surface area contributed by atoms with E-state index in [1.807, 2.05) is 0 Å². The highest BCUT2D eigenvalue weighted by molar-refractivity contribution is 4.81. The Morgan fingerprint density at radius 3 is 3.08 bits per heavy atom. The first-order valence-electron chi connectivity index (χ1n) is 3.88. The van der Waals surface area contributed by atoms with Gasteiger partial charge in [-0.3, -0.25) is 9.36 Å². The molecule has 0 aliphatic rings. The molecule has 1 unspecified atom stereocenters. The van der Waals surface area contributed by atoms with Crippen LogP contribution < -0.4 is 5.56 Å². The normalized spacial score (nSPS) is 12.8. The molecule has 0 amide bonds. The zero-order valence-electron chi connectivity index (χ0n) is 6.97. The van der Waals surface area contributed by atoms with Crippen molar-refractivity contribution in [2.45, 2.75) is 26.0 Å². The third kappa shape index (κ3) is 2.47. The summed E-state index contributed by atoms with van der Waals surface area (Å²) in [4.78, 5) is 14.9. The highest BCUT2D eigenvalue weighted by atomic mass is 16.3. The van der Waals surface area contributed by atoms with Crippen LogP contribution in [0.3, 0.4) is 0 Å². The van der Waals surface area contributed by atoms with Crippen LogP contribution in [-0.2, 0) is 6.54 Å². The molecule has 0 aromatic carbocycles. The molecule has 0 aliphatic carbocycles. The number of aryl methyl sites for hydroxylation is 1. The third-order valence-corrected chi connectivity index (χ3v) is 1.58. The molecule has 1 heterocycles. The molecule has 0 fully saturated rings. The molecule has 4 heteroatoms. The van der Waals surface area contributed by atoms with Crippen molar-refractivity contribution in [1.82, 2.24) is 9.55 Å². The van der Waals surface area contributed by atoms with Crippen molar-refractivity contribution in [3.8, 4) is 0 Å². The predicted molar refractivity (Wildman–Crippen MR) is 44.8 cm³/mol. The van der Waals surface area contributed by atoms with Crippen LogP contribution in [0.5, 0.6) is 0 Å². The zero-order chi connectivity index (χ0) is 8.97. The summed E-state index contributed by atoms with van der Waals surface area (Å²) >= 11 is 0. The Bertz CT molecular complexity index is 293. The van der Waals surface area contributed by atoms with Crippen molar-refractivity contribution in [1.29, 1.82) is 0 Å². The number of aliphatic hydroxyl groups excluding tert-OH is 1. The third-order valence-electron chi connectivity index (χ3n) is 1.58. The topological polar surface area (TPSA) is 55.1 Å². The molecule has 12 heavy (non-hydrogen) atoms. The summed E-state index contributed by atoms with van der Waals surface area (Å²) in [6, 6.07) is 1.40. The molecular formula is C8H12N2O2. The van der Waals surface area contributed by atoms with E-state index in [0.717, 1.165) is 0 Å². The molecule has 1 aromatic heterocycles. The van der Waals surface area contributed by atoms with E-state index in [0.29, 0.717) is 13.0 Å². The number of hydrogen-bond donors (Lipinski definition) is 1. The van der Waals surface area contributed by atoms with Crippen molar-refractivity contribution >= 4 is 0 Å². The second-order valence-corrected chi connectivity index (χ2v) is 2.75. The standard InChI is InChI=1S/C8H12N2O2/c1-7(11)3-5-10-6-9-4-2-8(10)12/h2,4,6-7,11H,3,5H2,1H3. The van der Waals surface area contributed by atoms with E-state index in [-0.39, 0.29) is 11.7 Å². The number of aromatic nitrogens is 2. The van der Waals surface area contributed by atoms with Crippen LogP contribution >= 0.6 is 0 Å². The van der Waals surface area contributed by atoms with Crippen LogP contribution in [0.4, 0.5) is 0 Å². The first kappa shape index (κ1) is 8.93. The van der Waals surface area contributed by atoms with Gasteiger partial charge in [-0.1, -0.05) is 0 Å². The van der Waals surface area contributed by atoms with E-state index in [1.165, 1.54) is 23.2 Å². The molecule has 0 spiro atoms. The highest BCUT2D eigenvalue weighted by Crippen LogP contribution is 1.91. The van der Waals surface area contributed by atoms with Gasteiger partial charge in [0.05, 0.1) is 12.4 Å². The second kappa shape index (κ2) is 4.01. The van der Waals surface area contributed by atoms with Gasteiger partial charge in [-0.05, 0) is 13.3 Å². The number of nitrogens with zero attached hydrogens (tertiary/aromatic N) is 2. The summed E-state index contributed by atoms with van der Waals surface area (Å²) < 4.78 is 1.48. The Morgan fingerprint density at radius 1 is 1.75 bits per heavy atom. The molecule has 4 nitrogen and oxygen atoms in total. The Morgan fingerprint density at radius 2 is 2.50 bits per heavy atom. The maximum Gasteiger partial charge on any atom is 0.253 e. The van der Waals surface area contributed by atoms with Crippen LogP contribution in [0.2, 0.25) is 0 Å². The van der Waals surface area contributed by atoms with Crippen molar-refractivity contribution in [2.24, 2.45) is 0 Å². The van der Waals surface area contributed by atoms with Gasteiger partial charge < -0.3 is 5.11 Å². The van der Waals surface area contributed by atoms with Crippen molar-refractivity contribution < 1.29 is 5.11 Å². The van der Waals surface area contributed by atoms with Crippen LogP contribution in [0.25, 0.3) is 0 Å². The number of rotatable bonds is 3. The van der Waals surface area contributed by atoms with E-state index < -0.39 is 0 Å². The van der Waals surface area contributed by atoms with Gasteiger partial charge in [-0.2, -0.15) is 0 Å². The average Bonchev–Trinajstić information content (AvgIpc) is 2.03. The first-order valence-corrected chi connectivity index (χ1v) is 3.88. The predicted octanol–water partition coefficient (Wildman–Crippen LogP) is 0.0142. The lowest BCUT2D eigenvalue weighted by molar-refractivity contribution is 0.177. The van der Waals surface area contributed by atoms with Gasteiger partial charge >= 0.3 is 0 Å². The maximum atomic E-state index is 11.1. The van der Waals surface area contributed by atoms with Crippen LogP contribution in [0, 0.1) is 0 Å². The summed E-state index contributed by atoms with van der Waals surface area (Å²) in [7, 11) is 0. The molecular weight excluding hydrogens is 156 g/mol. The Labute approximate surface area is 70.5 Å². The molecule has 1 N–H and O–H groups in total. The lowest BCUT2D eigenvalue weighted by atomic mass is 10.3. The summed E-state index contributed by atoms with van der Waals surface area (Å²) in [6.45, 7) is 2.21. The molecule has 0 bridgehead atoms. The van der Waals surface area contributed by atoms with Crippen LogP contribution in [-0.4, -0.2) is 20.8 Å². The molecule has 1 aromatic rings. The van der Waals surface area contributed by atoms with Gasteiger partial charge in [0.1, 0.15) is 0 Å². The largest absolute Gasteiger partial charge is 0.393 e. The molecule has 1 rings (SSSR count). The van der Waals surface area contributed by atoms with Gasteiger partial charge in [0, 0.05) is 18.8 Å². The molecule has 0 saturated carbocycles. The molecule has 0 radical (unpaired) electrons. The van der Waals surface area contributed by atoms with Gasteiger partial charge in [0.2, 0.25) is 0 Å². The zero-order valence-corrected chi connectivity index (χ0v) is 6.97. The minimum Gasteiger partial charge on any atom is -0.393 e. The lowest BCUT2D eigenvalue weighted by Crippen LogP contribution is -2.20. The summed E-state index contributed by atoms with van der Waals surface area (Å²) in [5.41, 5.74) is -0.0781. The second-order valence-electron chi connectivity index (χ2n) is 2.75. The molecule has 66 valence electrons.